The molecule has 4 aliphatic carbocycles. The van der Waals surface area contributed by atoms with Gasteiger partial charge in [0, 0.05) is 23.4 Å². The first-order valence-corrected chi connectivity index (χ1v) is 19.5. The molecule has 0 spiro atoms. The topological polar surface area (TPSA) is 65.7 Å². The van der Waals surface area contributed by atoms with Crippen LogP contribution in [0.3, 0.4) is 0 Å². The molecule has 1 aromatic heterocycles. The van der Waals surface area contributed by atoms with Crippen LogP contribution in [0.4, 0.5) is 0 Å². The average molecular weight is 659 g/mol. The Labute approximate surface area is 289 Å². The molecule has 0 N–H and O–H groups in total. The van der Waals surface area contributed by atoms with Gasteiger partial charge in [0.25, 0.3) is 0 Å². The lowest BCUT2D eigenvalue weighted by Gasteiger charge is -2.61. The van der Waals surface area contributed by atoms with Crippen molar-refractivity contribution in [2.75, 3.05) is 6.61 Å². The van der Waals surface area contributed by atoms with Gasteiger partial charge in [-0.15, -0.1) is 0 Å². The molecule has 0 bridgehead atoms. The predicted molar refractivity (Wildman–Crippen MR) is 194 cm³/mol. The van der Waals surface area contributed by atoms with Gasteiger partial charge in [-0.05, 0) is 129 Å². The van der Waals surface area contributed by atoms with Gasteiger partial charge in [-0.3, -0.25) is 0 Å². The number of hydrogen-bond donors (Lipinski definition) is 0. The second-order valence-electron chi connectivity index (χ2n) is 17.3. The number of esters is 1. The molecular weight excluding hydrogens is 596 g/mol. The summed E-state index contributed by atoms with van der Waals surface area (Å²) in [4.78, 5) is 25.5. The highest BCUT2D eigenvalue weighted by Gasteiger charge is 2.56. The molecule has 6 rings (SSSR count). The predicted octanol–water partition coefficient (Wildman–Crippen LogP) is 10.8. The first-order valence-electron chi connectivity index (χ1n) is 19.5. The van der Waals surface area contributed by atoms with Crippen molar-refractivity contribution in [2.24, 2.45) is 46.3 Å². The molecule has 0 amide bonds. The Morgan fingerprint density at radius 2 is 1.85 bits per heavy atom. The summed E-state index contributed by atoms with van der Waals surface area (Å²) >= 11 is 0. The zero-order valence-corrected chi connectivity index (χ0v) is 31.0. The van der Waals surface area contributed by atoms with Gasteiger partial charge < -0.3 is 13.9 Å². The summed E-state index contributed by atoms with van der Waals surface area (Å²) in [6.07, 6.45) is 19.3. The maximum atomic E-state index is 13.0. The van der Waals surface area contributed by atoms with E-state index in [0.717, 1.165) is 77.7 Å². The molecule has 0 saturated heterocycles. The van der Waals surface area contributed by atoms with E-state index < -0.39 is 0 Å². The van der Waals surface area contributed by atoms with Gasteiger partial charge in [0.2, 0.25) is 0 Å². The first kappa shape index (κ1) is 35.3. The van der Waals surface area contributed by atoms with E-state index in [0.29, 0.717) is 23.2 Å². The van der Waals surface area contributed by atoms with Crippen molar-refractivity contribution in [3.05, 3.63) is 51.4 Å². The molecule has 1 aromatic carbocycles. The van der Waals surface area contributed by atoms with Crippen molar-refractivity contribution >= 4 is 16.9 Å². The van der Waals surface area contributed by atoms with Gasteiger partial charge in [0.15, 0.2) is 6.61 Å². The molecular formula is C43H62O5. The molecule has 5 heteroatoms. The van der Waals surface area contributed by atoms with Gasteiger partial charge in [-0.1, -0.05) is 78.9 Å². The van der Waals surface area contributed by atoms with E-state index in [-0.39, 0.29) is 29.7 Å². The van der Waals surface area contributed by atoms with Crippen molar-refractivity contribution in [3.63, 3.8) is 0 Å². The van der Waals surface area contributed by atoms with E-state index in [1.54, 1.807) is 6.07 Å². The summed E-state index contributed by atoms with van der Waals surface area (Å²) in [6, 6.07) is 5.45. The van der Waals surface area contributed by atoms with Crippen LogP contribution in [0.2, 0.25) is 0 Å². The fraction of sp³-hybridized carbons (Fsp3) is 0.721. The number of benzene rings is 1. The number of rotatable bonds is 11. The molecule has 3 fully saturated rings. The molecule has 0 unspecified atom stereocenters. The number of ether oxygens (including phenoxy) is 2. The van der Waals surface area contributed by atoms with Crippen molar-refractivity contribution in [2.45, 2.75) is 144 Å². The molecule has 5 nitrogen and oxygen atoms in total. The van der Waals surface area contributed by atoms with Crippen LogP contribution in [0.1, 0.15) is 136 Å². The van der Waals surface area contributed by atoms with Gasteiger partial charge in [-0.25, -0.2) is 9.59 Å². The lowest BCUT2D eigenvalue weighted by Crippen LogP contribution is -2.52. The second kappa shape index (κ2) is 14.4. The van der Waals surface area contributed by atoms with E-state index in [4.69, 9.17) is 13.9 Å². The van der Waals surface area contributed by atoms with Crippen LogP contribution < -0.4 is 10.4 Å². The van der Waals surface area contributed by atoms with Gasteiger partial charge in [0.05, 0.1) is 0 Å². The molecule has 1 heterocycles. The Balaban J connectivity index is 1.03. The lowest BCUT2D eigenvalue weighted by atomic mass is 9.44. The zero-order valence-electron chi connectivity index (χ0n) is 31.0. The van der Waals surface area contributed by atoms with Crippen molar-refractivity contribution in [3.8, 4) is 5.75 Å². The highest BCUT2D eigenvalue weighted by molar-refractivity contribution is 5.82. The lowest BCUT2D eigenvalue weighted by molar-refractivity contribution is -0.154. The molecule has 264 valence electrons. The Morgan fingerprint density at radius 1 is 1.04 bits per heavy atom. The standard InChI is InChI=1S/C43H62O5/c1-8-10-35-29(5)34-17-15-32(24-39(34)48-41(35)45)46-26-40(44)47-33-19-22-43(7)31(23-33)14-16-36-37-18-13-30(28(4)12-9-11-27(2)3)25-42(37,6)21-20-38(36)43/h14-15,17,24,27-28,30,33,36-38H,8-13,16,18-23,25-26H2,1-7H3/t28-,30+,33-,36-,37+,38+,42-,43+/m0/s1. The number of hydrogen-bond acceptors (Lipinski definition) is 5. The molecule has 0 aliphatic heterocycles. The minimum atomic E-state index is -0.336. The summed E-state index contributed by atoms with van der Waals surface area (Å²) in [5, 5.41) is 0.901. The SMILES string of the molecule is CCCc1c(C)c2ccc(OCC(=O)O[C@H]3CC[C@]4(C)C(=CC[C@H]5[C@H]6CC[C@@H]([C@@H](C)CCCC(C)C)C[C@]6(C)CC[C@H]54)C3)cc2oc1=O. The monoisotopic (exact) mass is 658 g/mol. The highest BCUT2D eigenvalue weighted by atomic mass is 16.6. The van der Waals surface area contributed by atoms with Crippen LogP contribution in [0.25, 0.3) is 11.0 Å². The third kappa shape index (κ3) is 7.04. The third-order valence-electron chi connectivity index (χ3n) is 13.8. The summed E-state index contributed by atoms with van der Waals surface area (Å²) in [5.41, 5.74) is 4.14. The Kier molecular flexibility index (Phi) is 10.5. The molecule has 2 aromatic rings. The van der Waals surface area contributed by atoms with Gasteiger partial charge in [0.1, 0.15) is 17.4 Å². The summed E-state index contributed by atoms with van der Waals surface area (Å²) in [6.45, 7) is 16.3. The number of carbonyl (C=O) groups excluding carboxylic acids is 1. The third-order valence-corrected chi connectivity index (χ3v) is 13.8. The maximum Gasteiger partial charge on any atom is 0.344 e. The normalized spacial score (nSPS) is 32.2. The number of fused-ring (bicyclic) bond motifs is 6. The summed E-state index contributed by atoms with van der Waals surface area (Å²) < 4.78 is 17.4. The zero-order chi connectivity index (χ0) is 34.2. The molecule has 0 radical (unpaired) electrons. The quantitative estimate of drug-likeness (QED) is 0.137. The van der Waals surface area contributed by atoms with Crippen LogP contribution in [0, 0.1) is 53.3 Å². The Morgan fingerprint density at radius 3 is 2.62 bits per heavy atom. The summed E-state index contributed by atoms with van der Waals surface area (Å²) in [5.74, 6) is 5.15. The summed E-state index contributed by atoms with van der Waals surface area (Å²) in [7, 11) is 0. The van der Waals surface area contributed by atoms with Crippen LogP contribution in [-0.2, 0) is 16.0 Å². The van der Waals surface area contributed by atoms with Crippen LogP contribution in [-0.4, -0.2) is 18.7 Å². The fourth-order valence-electron chi connectivity index (χ4n) is 11.0. The van der Waals surface area contributed by atoms with Crippen molar-refractivity contribution < 1.29 is 18.7 Å². The van der Waals surface area contributed by atoms with E-state index in [1.165, 1.54) is 63.4 Å². The molecule has 4 aliphatic rings. The molecule has 8 atom stereocenters. The Bertz CT molecular complexity index is 1550. The fourth-order valence-corrected chi connectivity index (χ4v) is 11.0. The molecule has 48 heavy (non-hydrogen) atoms. The van der Waals surface area contributed by atoms with Crippen LogP contribution in [0.5, 0.6) is 5.75 Å². The average Bonchev–Trinajstić information content (AvgIpc) is 3.04. The number of aryl methyl sites for hydroxylation is 1. The van der Waals surface area contributed by atoms with E-state index in [2.05, 4.69) is 47.6 Å². The maximum absolute atomic E-state index is 13.0. The van der Waals surface area contributed by atoms with Crippen LogP contribution >= 0.6 is 0 Å². The van der Waals surface area contributed by atoms with Crippen LogP contribution in [0.15, 0.2) is 39.1 Å². The minimum absolute atomic E-state index is 0.0901. The second-order valence-corrected chi connectivity index (χ2v) is 17.3. The largest absolute Gasteiger partial charge is 0.482 e. The first-order chi connectivity index (χ1) is 22.9. The smallest absolute Gasteiger partial charge is 0.344 e. The van der Waals surface area contributed by atoms with E-state index in [9.17, 15) is 9.59 Å². The molecule has 3 saturated carbocycles. The highest BCUT2D eigenvalue weighted by Crippen LogP contribution is 2.65. The minimum Gasteiger partial charge on any atom is -0.482 e. The number of carbonyl (C=O) groups is 1. The van der Waals surface area contributed by atoms with Gasteiger partial charge in [-0.2, -0.15) is 0 Å². The van der Waals surface area contributed by atoms with E-state index >= 15 is 0 Å². The Hall–Kier alpha value is -2.56. The van der Waals surface area contributed by atoms with Crippen molar-refractivity contribution in [1.29, 1.82) is 0 Å². The number of allylic oxidation sites excluding steroid dienone is 1. The van der Waals surface area contributed by atoms with Crippen molar-refractivity contribution in [1.82, 2.24) is 0 Å². The van der Waals surface area contributed by atoms with E-state index in [1.807, 2.05) is 19.1 Å². The van der Waals surface area contributed by atoms with Gasteiger partial charge >= 0.3 is 11.6 Å².